The van der Waals surface area contributed by atoms with Crippen molar-refractivity contribution in [3.05, 3.63) is 141 Å². The summed E-state index contributed by atoms with van der Waals surface area (Å²) in [5.74, 6) is 0.706. The lowest BCUT2D eigenvalue weighted by Crippen LogP contribution is -2.37. The summed E-state index contributed by atoms with van der Waals surface area (Å²) in [6, 6.07) is 34.0. The fourth-order valence-electron chi connectivity index (χ4n) is 6.38. The molecule has 5 heteroatoms. The average Bonchev–Trinajstić information content (AvgIpc) is 3.45. The topological polar surface area (TPSA) is 45.3 Å². The van der Waals surface area contributed by atoms with Gasteiger partial charge >= 0.3 is 0 Å². The van der Waals surface area contributed by atoms with Crippen molar-refractivity contribution in [2.24, 2.45) is 0 Å². The lowest BCUT2D eigenvalue weighted by molar-refractivity contribution is 0.195. The standard InChI is InChI=1S/C37H38BN2O2/c1-3-28-20-30-21-32(22-31(30)23-34(28)38-2)40(24-26-10-6-4-7-11-26)19-18-29-14-16-35(37-33(29)15-17-36(41)39-37)42-25-27-12-8-5-9-13-27/h4-17,20,23,32H,3,18-19,21-22,24-25H2,1-2H3,(H,39,41). The normalized spacial score (nSPS) is 14.3. The molecule has 1 aliphatic carbocycles. The van der Waals surface area contributed by atoms with Crippen LogP contribution in [-0.4, -0.2) is 29.7 Å². The fraction of sp³-hybridized carbons (Fsp3) is 0.270. The SMILES string of the molecule is C[B]c1cc2c(cc1CC)CC(N(CCc1ccc(OCc3ccccc3)c3[nH]c(=O)ccc13)Cc1ccccc1)C2. The molecule has 6 rings (SSSR count). The lowest BCUT2D eigenvalue weighted by atomic mass is 9.69. The molecule has 1 aliphatic rings. The molecule has 0 amide bonds. The number of rotatable bonds is 11. The first-order valence-electron chi connectivity index (χ1n) is 15.1. The zero-order chi connectivity index (χ0) is 28.9. The number of nitrogens with one attached hydrogen (secondary N) is 1. The first kappa shape index (κ1) is 28.1. The number of aromatic amines is 1. The maximum absolute atomic E-state index is 12.3. The fourth-order valence-corrected chi connectivity index (χ4v) is 6.38. The average molecular weight is 554 g/mol. The van der Waals surface area contributed by atoms with Crippen molar-refractivity contribution in [1.82, 2.24) is 9.88 Å². The number of aromatic nitrogens is 1. The highest BCUT2D eigenvalue weighted by Crippen LogP contribution is 2.30. The maximum Gasteiger partial charge on any atom is 0.248 e. The van der Waals surface area contributed by atoms with Gasteiger partial charge in [-0.3, -0.25) is 9.69 Å². The van der Waals surface area contributed by atoms with E-state index in [0.29, 0.717) is 18.4 Å². The van der Waals surface area contributed by atoms with Gasteiger partial charge in [-0.1, -0.05) is 104 Å². The van der Waals surface area contributed by atoms with E-state index in [2.05, 4.69) is 79.4 Å². The second kappa shape index (κ2) is 12.8. The molecule has 1 atom stereocenters. The Bertz CT molecular complexity index is 1680. The van der Waals surface area contributed by atoms with E-state index in [-0.39, 0.29) is 5.56 Å². The van der Waals surface area contributed by atoms with E-state index in [0.717, 1.165) is 55.2 Å². The van der Waals surface area contributed by atoms with E-state index >= 15 is 0 Å². The Labute approximate surface area is 249 Å². The number of nitrogens with zero attached hydrogens (tertiary/aromatic N) is 1. The molecule has 1 aromatic heterocycles. The van der Waals surface area contributed by atoms with Crippen LogP contribution < -0.4 is 15.8 Å². The highest BCUT2D eigenvalue weighted by atomic mass is 16.5. The number of H-pyrrole nitrogens is 1. The second-order valence-corrected chi connectivity index (χ2v) is 11.3. The Morgan fingerprint density at radius 1 is 0.857 bits per heavy atom. The first-order valence-corrected chi connectivity index (χ1v) is 15.1. The van der Waals surface area contributed by atoms with Crippen LogP contribution in [0.1, 0.15) is 40.3 Å². The number of ether oxygens (including phenoxy) is 1. The molecule has 4 aromatic carbocycles. The summed E-state index contributed by atoms with van der Waals surface area (Å²) in [5, 5.41) is 1.05. The Kier molecular flexibility index (Phi) is 8.57. The van der Waals surface area contributed by atoms with Crippen LogP contribution >= 0.6 is 0 Å². The summed E-state index contributed by atoms with van der Waals surface area (Å²) in [4.78, 5) is 18.1. The number of fused-ring (bicyclic) bond motifs is 2. The van der Waals surface area contributed by atoms with Gasteiger partial charge in [-0.05, 0) is 65.6 Å². The van der Waals surface area contributed by atoms with Crippen LogP contribution in [0, 0.1) is 0 Å². The largest absolute Gasteiger partial charge is 0.487 e. The van der Waals surface area contributed by atoms with Crippen LogP contribution in [0.2, 0.25) is 6.82 Å². The van der Waals surface area contributed by atoms with Gasteiger partial charge in [0.15, 0.2) is 0 Å². The summed E-state index contributed by atoms with van der Waals surface area (Å²) in [6.07, 6.45) is 4.10. The van der Waals surface area contributed by atoms with Crippen LogP contribution in [0.25, 0.3) is 10.9 Å². The van der Waals surface area contributed by atoms with E-state index in [9.17, 15) is 4.79 Å². The molecular weight excluding hydrogens is 515 g/mol. The number of aryl methyl sites for hydroxylation is 1. The number of pyridine rings is 1. The predicted octanol–water partition coefficient (Wildman–Crippen LogP) is 6.26. The number of benzene rings is 4. The van der Waals surface area contributed by atoms with Gasteiger partial charge in [-0.2, -0.15) is 0 Å². The molecule has 0 bridgehead atoms. The zero-order valence-electron chi connectivity index (χ0n) is 24.6. The highest BCUT2D eigenvalue weighted by Gasteiger charge is 2.28. The van der Waals surface area contributed by atoms with Crippen LogP contribution in [-0.2, 0) is 38.8 Å². The van der Waals surface area contributed by atoms with E-state index in [1.807, 2.05) is 42.5 Å². The lowest BCUT2D eigenvalue weighted by Gasteiger charge is -2.29. The van der Waals surface area contributed by atoms with E-state index < -0.39 is 0 Å². The summed E-state index contributed by atoms with van der Waals surface area (Å²) < 4.78 is 6.19. The Balaban J connectivity index is 1.25. The van der Waals surface area contributed by atoms with Crippen LogP contribution in [0.4, 0.5) is 0 Å². The van der Waals surface area contributed by atoms with Crippen molar-refractivity contribution in [3.63, 3.8) is 0 Å². The molecule has 0 fully saturated rings. The number of hydrogen-bond donors (Lipinski definition) is 1. The van der Waals surface area contributed by atoms with Gasteiger partial charge in [0.05, 0.1) is 5.52 Å². The Morgan fingerprint density at radius 2 is 1.57 bits per heavy atom. The third-order valence-electron chi connectivity index (χ3n) is 8.66. The van der Waals surface area contributed by atoms with Crippen molar-refractivity contribution in [2.75, 3.05) is 6.54 Å². The van der Waals surface area contributed by atoms with Crippen molar-refractivity contribution >= 4 is 23.6 Å². The van der Waals surface area contributed by atoms with Crippen molar-refractivity contribution in [1.29, 1.82) is 0 Å². The predicted molar refractivity (Wildman–Crippen MR) is 174 cm³/mol. The van der Waals surface area contributed by atoms with Crippen molar-refractivity contribution in [3.8, 4) is 5.75 Å². The minimum Gasteiger partial charge on any atom is -0.487 e. The Hall–Kier alpha value is -4.09. The van der Waals surface area contributed by atoms with Crippen LogP contribution in [0.5, 0.6) is 5.75 Å². The molecule has 0 spiro atoms. The van der Waals surface area contributed by atoms with Crippen LogP contribution in [0.15, 0.2) is 102 Å². The van der Waals surface area contributed by atoms with Gasteiger partial charge in [0.1, 0.15) is 19.6 Å². The molecule has 1 heterocycles. The Morgan fingerprint density at radius 3 is 2.29 bits per heavy atom. The maximum atomic E-state index is 12.3. The van der Waals surface area contributed by atoms with Gasteiger partial charge in [0.25, 0.3) is 0 Å². The third-order valence-corrected chi connectivity index (χ3v) is 8.66. The molecule has 5 aromatic rings. The van der Waals surface area contributed by atoms with Gasteiger partial charge in [0, 0.05) is 30.6 Å². The van der Waals surface area contributed by atoms with E-state index in [4.69, 9.17) is 4.74 Å². The molecule has 0 saturated carbocycles. The molecule has 0 aliphatic heterocycles. The molecule has 211 valence electrons. The van der Waals surface area contributed by atoms with Crippen molar-refractivity contribution < 1.29 is 4.74 Å². The summed E-state index contributed by atoms with van der Waals surface area (Å²) >= 11 is 0. The van der Waals surface area contributed by atoms with Crippen molar-refractivity contribution in [2.45, 2.75) is 58.6 Å². The van der Waals surface area contributed by atoms with E-state index in [1.54, 1.807) is 6.07 Å². The summed E-state index contributed by atoms with van der Waals surface area (Å²) in [7, 11) is 2.25. The van der Waals surface area contributed by atoms with Gasteiger partial charge in [0.2, 0.25) is 5.56 Å². The van der Waals surface area contributed by atoms with Gasteiger partial charge < -0.3 is 9.72 Å². The van der Waals surface area contributed by atoms with E-state index in [1.165, 1.54) is 33.3 Å². The first-order chi connectivity index (χ1) is 20.6. The minimum absolute atomic E-state index is 0.117. The molecule has 1 unspecified atom stereocenters. The molecule has 42 heavy (non-hydrogen) atoms. The highest BCUT2D eigenvalue weighted by molar-refractivity contribution is 6.52. The minimum atomic E-state index is -0.117. The number of hydrogen-bond acceptors (Lipinski definition) is 3. The van der Waals surface area contributed by atoms with Gasteiger partial charge in [-0.15, -0.1) is 0 Å². The summed E-state index contributed by atoms with van der Waals surface area (Å²) in [5.41, 5.74) is 10.1. The monoisotopic (exact) mass is 553 g/mol. The smallest absolute Gasteiger partial charge is 0.248 e. The molecular formula is C37H38BN2O2. The molecule has 4 nitrogen and oxygen atoms in total. The van der Waals surface area contributed by atoms with Gasteiger partial charge in [-0.25, -0.2) is 0 Å². The molecule has 1 radical (unpaired) electrons. The summed E-state index contributed by atoms with van der Waals surface area (Å²) in [6.45, 7) is 6.69. The quantitative estimate of drug-likeness (QED) is 0.197. The van der Waals surface area contributed by atoms with Crippen LogP contribution in [0.3, 0.4) is 0 Å². The molecule has 1 N–H and O–H groups in total. The zero-order valence-corrected chi connectivity index (χ0v) is 24.6. The third kappa shape index (κ3) is 6.22. The second-order valence-electron chi connectivity index (χ2n) is 11.3. The molecule has 0 saturated heterocycles.